The fourth-order valence-electron chi connectivity index (χ4n) is 4.05. The molecule has 6 nitrogen and oxygen atoms in total. The summed E-state index contributed by atoms with van der Waals surface area (Å²) < 4.78 is 10.5. The third kappa shape index (κ3) is 3.54. The van der Waals surface area contributed by atoms with E-state index in [1.54, 1.807) is 38.5 Å². The quantitative estimate of drug-likeness (QED) is 0.709. The summed E-state index contributed by atoms with van der Waals surface area (Å²) in [4.78, 5) is 30.4. The Morgan fingerprint density at radius 1 is 0.867 bits per heavy atom. The maximum atomic E-state index is 13.5. The number of nitrogens with zero attached hydrogens (tertiary/aromatic N) is 2. The van der Waals surface area contributed by atoms with Gasteiger partial charge in [-0.2, -0.15) is 0 Å². The molecule has 0 aromatic heterocycles. The summed E-state index contributed by atoms with van der Waals surface area (Å²) in [7, 11) is 3.16. The van der Waals surface area contributed by atoms with Crippen LogP contribution in [0.3, 0.4) is 0 Å². The van der Waals surface area contributed by atoms with Crippen molar-refractivity contribution in [2.75, 3.05) is 32.2 Å². The highest BCUT2D eigenvalue weighted by molar-refractivity contribution is 6.45. The lowest BCUT2D eigenvalue weighted by Crippen LogP contribution is -2.38. The van der Waals surface area contributed by atoms with E-state index in [1.165, 1.54) is 4.90 Å². The zero-order valence-electron chi connectivity index (χ0n) is 17.6. The van der Waals surface area contributed by atoms with Gasteiger partial charge in [-0.1, -0.05) is 25.1 Å². The van der Waals surface area contributed by atoms with Crippen LogP contribution in [0, 0.1) is 5.92 Å². The number of anilines is 1. The molecule has 0 aliphatic carbocycles. The number of piperidine rings is 1. The number of amides is 2. The average molecular weight is 406 g/mol. The second-order valence-corrected chi connectivity index (χ2v) is 7.77. The van der Waals surface area contributed by atoms with Crippen molar-refractivity contribution in [3.05, 3.63) is 59.8 Å². The van der Waals surface area contributed by atoms with Gasteiger partial charge in [0.1, 0.15) is 17.2 Å². The molecule has 156 valence electrons. The topological polar surface area (TPSA) is 59.1 Å². The third-order valence-corrected chi connectivity index (χ3v) is 5.85. The van der Waals surface area contributed by atoms with E-state index in [4.69, 9.17) is 9.47 Å². The van der Waals surface area contributed by atoms with Crippen LogP contribution < -0.4 is 14.4 Å². The van der Waals surface area contributed by atoms with E-state index < -0.39 is 0 Å². The minimum absolute atomic E-state index is 0.284. The van der Waals surface area contributed by atoms with Gasteiger partial charge in [0.2, 0.25) is 0 Å². The molecule has 1 saturated heterocycles. The molecule has 2 amide bonds. The van der Waals surface area contributed by atoms with E-state index >= 15 is 0 Å². The van der Waals surface area contributed by atoms with Crippen LogP contribution in [0.15, 0.2) is 54.2 Å². The molecular formula is C24H26N2O4. The zero-order valence-corrected chi connectivity index (χ0v) is 17.6. The van der Waals surface area contributed by atoms with Crippen molar-refractivity contribution in [3.63, 3.8) is 0 Å². The summed E-state index contributed by atoms with van der Waals surface area (Å²) in [5, 5.41) is 0. The van der Waals surface area contributed by atoms with Crippen molar-refractivity contribution in [3.8, 4) is 11.5 Å². The summed E-state index contributed by atoms with van der Waals surface area (Å²) in [6.45, 7) is 3.75. The Balaban J connectivity index is 1.79. The number of methoxy groups -OCH3 is 2. The Labute approximate surface area is 176 Å². The van der Waals surface area contributed by atoms with Gasteiger partial charge in [-0.25, -0.2) is 4.90 Å². The molecule has 2 aromatic rings. The number of carbonyl (C=O) groups is 2. The van der Waals surface area contributed by atoms with E-state index in [2.05, 4.69) is 11.8 Å². The second-order valence-electron chi connectivity index (χ2n) is 7.77. The lowest BCUT2D eigenvalue weighted by molar-refractivity contribution is -0.120. The van der Waals surface area contributed by atoms with Gasteiger partial charge in [-0.15, -0.1) is 0 Å². The second kappa shape index (κ2) is 8.22. The molecule has 2 heterocycles. The first-order valence-electron chi connectivity index (χ1n) is 10.2. The van der Waals surface area contributed by atoms with Gasteiger partial charge < -0.3 is 14.4 Å². The molecule has 0 spiro atoms. The SMILES string of the molecule is COc1ccc(C2=C(N3CCC(C)CC3)C(=O)N(c3cccc(OC)c3)C2=O)cc1. The van der Waals surface area contributed by atoms with E-state index in [0.29, 0.717) is 39.9 Å². The van der Waals surface area contributed by atoms with Gasteiger partial charge >= 0.3 is 0 Å². The number of imide groups is 1. The first-order chi connectivity index (χ1) is 14.5. The number of likely N-dealkylation sites (tertiary alicyclic amines) is 1. The van der Waals surface area contributed by atoms with Gasteiger partial charge in [-0.3, -0.25) is 9.59 Å². The van der Waals surface area contributed by atoms with Crippen LogP contribution in [0.25, 0.3) is 5.57 Å². The highest BCUT2D eigenvalue weighted by Crippen LogP contribution is 2.37. The molecule has 0 radical (unpaired) electrons. The Morgan fingerprint density at radius 3 is 2.17 bits per heavy atom. The van der Waals surface area contributed by atoms with Gasteiger partial charge in [0.25, 0.3) is 11.8 Å². The number of hydrogen-bond donors (Lipinski definition) is 0. The lowest BCUT2D eigenvalue weighted by Gasteiger charge is -2.32. The Hall–Kier alpha value is -3.28. The number of ether oxygens (including phenoxy) is 2. The molecule has 0 unspecified atom stereocenters. The molecule has 1 fully saturated rings. The van der Waals surface area contributed by atoms with Crippen LogP contribution in [-0.2, 0) is 9.59 Å². The molecule has 30 heavy (non-hydrogen) atoms. The van der Waals surface area contributed by atoms with Crippen LogP contribution >= 0.6 is 0 Å². The first-order valence-corrected chi connectivity index (χ1v) is 10.2. The molecule has 6 heteroatoms. The zero-order chi connectivity index (χ0) is 21.3. The summed E-state index contributed by atoms with van der Waals surface area (Å²) in [6.07, 6.45) is 2.00. The summed E-state index contributed by atoms with van der Waals surface area (Å²) >= 11 is 0. The van der Waals surface area contributed by atoms with Crippen molar-refractivity contribution in [2.45, 2.75) is 19.8 Å². The van der Waals surface area contributed by atoms with Crippen molar-refractivity contribution in [2.24, 2.45) is 5.92 Å². The highest BCUT2D eigenvalue weighted by Gasteiger charge is 2.43. The Bertz CT molecular complexity index is 989. The molecule has 2 aliphatic heterocycles. The van der Waals surface area contributed by atoms with Crippen LogP contribution in [-0.4, -0.2) is 44.0 Å². The Kier molecular flexibility index (Phi) is 5.48. The monoisotopic (exact) mass is 406 g/mol. The van der Waals surface area contributed by atoms with Crippen molar-refractivity contribution < 1.29 is 19.1 Å². The van der Waals surface area contributed by atoms with Crippen LogP contribution in [0.1, 0.15) is 25.3 Å². The minimum atomic E-state index is -0.313. The van der Waals surface area contributed by atoms with E-state index in [1.807, 2.05) is 24.3 Å². The predicted molar refractivity (Wildman–Crippen MR) is 115 cm³/mol. The van der Waals surface area contributed by atoms with Crippen LogP contribution in [0.2, 0.25) is 0 Å². The normalized spacial score (nSPS) is 17.7. The number of benzene rings is 2. The maximum Gasteiger partial charge on any atom is 0.282 e. The molecular weight excluding hydrogens is 380 g/mol. The molecule has 0 saturated carbocycles. The standard InChI is InChI=1S/C24H26N2O4/c1-16-11-13-25(14-12-16)22-21(17-7-9-19(29-2)10-8-17)23(27)26(24(22)28)18-5-4-6-20(15-18)30-3/h4-10,15-16H,11-14H2,1-3H3. The van der Waals surface area contributed by atoms with E-state index in [-0.39, 0.29) is 11.8 Å². The van der Waals surface area contributed by atoms with E-state index in [9.17, 15) is 9.59 Å². The van der Waals surface area contributed by atoms with Crippen molar-refractivity contribution in [1.29, 1.82) is 0 Å². The molecule has 0 atom stereocenters. The summed E-state index contributed by atoms with van der Waals surface area (Å²) in [5.41, 5.74) is 2.16. The highest BCUT2D eigenvalue weighted by atomic mass is 16.5. The minimum Gasteiger partial charge on any atom is -0.497 e. The van der Waals surface area contributed by atoms with Crippen molar-refractivity contribution >= 4 is 23.1 Å². The van der Waals surface area contributed by atoms with Gasteiger partial charge in [0, 0.05) is 19.2 Å². The third-order valence-electron chi connectivity index (χ3n) is 5.85. The Morgan fingerprint density at radius 2 is 1.53 bits per heavy atom. The summed E-state index contributed by atoms with van der Waals surface area (Å²) in [5.74, 6) is 1.32. The maximum absolute atomic E-state index is 13.5. The summed E-state index contributed by atoms with van der Waals surface area (Å²) in [6, 6.07) is 14.3. The predicted octanol–water partition coefficient (Wildman–Crippen LogP) is 3.72. The number of rotatable bonds is 5. The van der Waals surface area contributed by atoms with Crippen LogP contribution in [0.5, 0.6) is 11.5 Å². The molecule has 0 bridgehead atoms. The lowest BCUT2D eigenvalue weighted by atomic mass is 9.97. The molecule has 4 rings (SSSR count). The fraction of sp³-hybridized carbons (Fsp3) is 0.333. The van der Waals surface area contributed by atoms with Gasteiger partial charge in [0.05, 0.1) is 25.5 Å². The molecule has 2 aromatic carbocycles. The molecule has 2 aliphatic rings. The number of carbonyl (C=O) groups excluding carboxylic acids is 2. The van der Waals surface area contributed by atoms with Crippen LogP contribution in [0.4, 0.5) is 5.69 Å². The van der Waals surface area contributed by atoms with Gasteiger partial charge in [-0.05, 0) is 48.6 Å². The van der Waals surface area contributed by atoms with E-state index in [0.717, 1.165) is 25.9 Å². The largest absolute Gasteiger partial charge is 0.497 e. The van der Waals surface area contributed by atoms with Gasteiger partial charge in [0.15, 0.2) is 0 Å². The number of hydrogen-bond acceptors (Lipinski definition) is 5. The van der Waals surface area contributed by atoms with Crippen molar-refractivity contribution in [1.82, 2.24) is 4.90 Å². The molecule has 0 N–H and O–H groups in total. The first kappa shape index (κ1) is 20.0. The average Bonchev–Trinajstić information content (AvgIpc) is 3.04. The fourth-order valence-corrected chi connectivity index (χ4v) is 4.05. The smallest absolute Gasteiger partial charge is 0.282 e.